The van der Waals surface area contributed by atoms with Crippen LogP contribution in [0, 0.1) is 13.8 Å². The normalized spacial score (nSPS) is 12.2. The van der Waals surface area contributed by atoms with Gasteiger partial charge in [0.05, 0.1) is 16.6 Å². The molecular formula is C22H23N3O3S. The number of hydrogen-bond donors (Lipinski definition) is 2. The molecule has 0 aliphatic heterocycles. The summed E-state index contributed by atoms with van der Waals surface area (Å²) in [5.74, 6) is -0.284. The number of carbonyl (C=O) groups excluding carboxylic acids is 1. The van der Waals surface area contributed by atoms with E-state index in [2.05, 4.69) is 15.0 Å². The van der Waals surface area contributed by atoms with Crippen LogP contribution in [-0.4, -0.2) is 19.3 Å². The van der Waals surface area contributed by atoms with E-state index < -0.39 is 10.0 Å². The predicted octanol–water partition coefficient (Wildman–Crippen LogP) is 3.99. The van der Waals surface area contributed by atoms with Gasteiger partial charge in [0.1, 0.15) is 0 Å². The molecule has 0 bridgehead atoms. The lowest BCUT2D eigenvalue weighted by molar-refractivity contribution is 0.0939. The Bertz CT molecular complexity index is 1110. The Balaban J connectivity index is 1.73. The number of nitrogens with zero attached hydrogens (tertiary/aromatic N) is 1. The van der Waals surface area contributed by atoms with Crippen molar-refractivity contribution in [1.29, 1.82) is 0 Å². The van der Waals surface area contributed by atoms with Crippen LogP contribution in [0.3, 0.4) is 0 Å². The fourth-order valence-electron chi connectivity index (χ4n) is 2.85. The molecule has 0 fully saturated rings. The summed E-state index contributed by atoms with van der Waals surface area (Å²) in [6.07, 6.45) is 3.36. The molecule has 1 atom stereocenters. The van der Waals surface area contributed by atoms with Crippen molar-refractivity contribution in [3.63, 3.8) is 0 Å². The van der Waals surface area contributed by atoms with Gasteiger partial charge in [-0.2, -0.15) is 0 Å². The summed E-state index contributed by atoms with van der Waals surface area (Å²) < 4.78 is 28.0. The lowest BCUT2D eigenvalue weighted by Gasteiger charge is -2.14. The van der Waals surface area contributed by atoms with Crippen molar-refractivity contribution in [2.45, 2.75) is 31.7 Å². The van der Waals surface area contributed by atoms with E-state index in [9.17, 15) is 13.2 Å². The number of carbonyl (C=O) groups is 1. The lowest BCUT2D eigenvalue weighted by atomic mass is 10.1. The van der Waals surface area contributed by atoms with E-state index in [0.717, 1.165) is 16.7 Å². The summed E-state index contributed by atoms with van der Waals surface area (Å²) in [6.45, 7) is 5.65. The number of benzene rings is 2. The summed E-state index contributed by atoms with van der Waals surface area (Å²) in [5.41, 5.74) is 3.68. The van der Waals surface area contributed by atoms with Crippen LogP contribution in [-0.2, 0) is 10.0 Å². The van der Waals surface area contributed by atoms with Crippen LogP contribution in [0.15, 0.2) is 71.9 Å². The number of rotatable bonds is 6. The molecule has 7 heteroatoms. The number of hydrogen-bond acceptors (Lipinski definition) is 4. The van der Waals surface area contributed by atoms with Crippen molar-refractivity contribution < 1.29 is 13.2 Å². The Morgan fingerprint density at radius 2 is 1.72 bits per heavy atom. The first-order valence-corrected chi connectivity index (χ1v) is 10.7. The summed E-state index contributed by atoms with van der Waals surface area (Å²) >= 11 is 0. The maximum absolute atomic E-state index is 12.7. The zero-order valence-corrected chi connectivity index (χ0v) is 17.3. The van der Waals surface area contributed by atoms with Gasteiger partial charge in [-0.05, 0) is 73.9 Å². The van der Waals surface area contributed by atoms with Gasteiger partial charge in [-0.1, -0.05) is 18.2 Å². The van der Waals surface area contributed by atoms with Crippen LogP contribution in [0.25, 0.3) is 0 Å². The highest BCUT2D eigenvalue weighted by molar-refractivity contribution is 7.92. The van der Waals surface area contributed by atoms with Gasteiger partial charge in [0.15, 0.2) is 0 Å². The minimum Gasteiger partial charge on any atom is -0.345 e. The van der Waals surface area contributed by atoms with E-state index in [4.69, 9.17) is 0 Å². The average Bonchev–Trinajstić information content (AvgIpc) is 2.72. The van der Waals surface area contributed by atoms with Gasteiger partial charge in [0.25, 0.3) is 15.9 Å². The third-order valence-corrected chi connectivity index (χ3v) is 6.19. The van der Waals surface area contributed by atoms with Crippen molar-refractivity contribution in [1.82, 2.24) is 10.3 Å². The van der Waals surface area contributed by atoms with Crippen LogP contribution in [0.1, 0.15) is 40.0 Å². The SMILES string of the molecule is Cc1cccc(NS(=O)(=O)c2ccc(C(=O)NC(C)c3cccnc3)cc2)c1C. The first-order valence-electron chi connectivity index (χ1n) is 9.18. The molecule has 29 heavy (non-hydrogen) atoms. The van der Waals surface area contributed by atoms with Crippen molar-refractivity contribution in [2.75, 3.05) is 4.72 Å². The Hall–Kier alpha value is -3.19. The van der Waals surface area contributed by atoms with Crippen molar-refractivity contribution in [3.8, 4) is 0 Å². The van der Waals surface area contributed by atoms with E-state index in [1.165, 1.54) is 24.3 Å². The van der Waals surface area contributed by atoms with Gasteiger partial charge in [0.2, 0.25) is 0 Å². The third-order valence-electron chi connectivity index (χ3n) is 4.81. The number of sulfonamides is 1. The van der Waals surface area contributed by atoms with Gasteiger partial charge in [-0.3, -0.25) is 14.5 Å². The molecule has 0 saturated heterocycles. The Morgan fingerprint density at radius 3 is 2.38 bits per heavy atom. The lowest BCUT2D eigenvalue weighted by Crippen LogP contribution is -2.26. The fraction of sp³-hybridized carbons (Fsp3) is 0.182. The van der Waals surface area contributed by atoms with E-state index in [1.807, 2.05) is 32.9 Å². The largest absolute Gasteiger partial charge is 0.345 e. The molecule has 0 aliphatic carbocycles. The minimum atomic E-state index is -3.75. The molecule has 2 aromatic carbocycles. The quantitative estimate of drug-likeness (QED) is 0.644. The summed E-state index contributed by atoms with van der Waals surface area (Å²) in [5, 5.41) is 2.88. The molecule has 3 rings (SSSR count). The zero-order chi connectivity index (χ0) is 21.0. The Labute approximate surface area is 171 Å². The smallest absolute Gasteiger partial charge is 0.261 e. The van der Waals surface area contributed by atoms with E-state index >= 15 is 0 Å². The first kappa shape index (κ1) is 20.5. The maximum atomic E-state index is 12.7. The molecule has 2 N–H and O–H groups in total. The standard InChI is InChI=1S/C22H23N3O3S/c1-15-6-4-8-21(16(15)2)25-29(27,28)20-11-9-18(10-12-20)22(26)24-17(3)19-7-5-13-23-14-19/h4-14,17,25H,1-3H3,(H,24,26). The van der Waals surface area contributed by atoms with E-state index in [0.29, 0.717) is 11.3 Å². The second-order valence-corrected chi connectivity index (χ2v) is 8.54. The Kier molecular flexibility index (Phi) is 5.98. The molecule has 1 unspecified atom stereocenters. The molecule has 0 aliphatic rings. The predicted molar refractivity (Wildman–Crippen MR) is 113 cm³/mol. The highest BCUT2D eigenvalue weighted by Crippen LogP contribution is 2.22. The van der Waals surface area contributed by atoms with Crippen molar-refractivity contribution in [3.05, 3.63) is 89.2 Å². The topological polar surface area (TPSA) is 88.2 Å². The molecule has 6 nitrogen and oxygen atoms in total. The summed E-state index contributed by atoms with van der Waals surface area (Å²) in [7, 11) is -3.75. The van der Waals surface area contributed by atoms with Crippen molar-refractivity contribution >= 4 is 21.6 Å². The minimum absolute atomic E-state index is 0.0928. The summed E-state index contributed by atoms with van der Waals surface area (Å²) in [6, 6.07) is 14.8. The van der Waals surface area contributed by atoms with Gasteiger partial charge >= 0.3 is 0 Å². The van der Waals surface area contributed by atoms with Gasteiger partial charge < -0.3 is 5.32 Å². The number of aromatic nitrogens is 1. The van der Waals surface area contributed by atoms with Gasteiger partial charge in [-0.25, -0.2) is 8.42 Å². The molecule has 1 aromatic heterocycles. The van der Waals surface area contributed by atoms with Gasteiger partial charge in [-0.15, -0.1) is 0 Å². The van der Waals surface area contributed by atoms with E-state index in [-0.39, 0.29) is 16.8 Å². The van der Waals surface area contributed by atoms with E-state index in [1.54, 1.807) is 30.6 Å². The zero-order valence-electron chi connectivity index (χ0n) is 16.5. The second-order valence-electron chi connectivity index (χ2n) is 6.86. The number of aryl methyl sites for hydroxylation is 1. The second kappa shape index (κ2) is 8.45. The van der Waals surface area contributed by atoms with Crippen LogP contribution in [0.4, 0.5) is 5.69 Å². The molecule has 0 radical (unpaired) electrons. The number of anilines is 1. The molecule has 0 saturated carbocycles. The average molecular weight is 410 g/mol. The number of nitrogens with one attached hydrogen (secondary N) is 2. The Morgan fingerprint density at radius 1 is 1.00 bits per heavy atom. The molecule has 3 aromatic rings. The number of pyridine rings is 1. The van der Waals surface area contributed by atoms with Crippen LogP contribution in [0.5, 0.6) is 0 Å². The third kappa shape index (κ3) is 4.81. The van der Waals surface area contributed by atoms with Crippen LogP contribution < -0.4 is 10.0 Å². The molecule has 1 heterocycles. The highest BCUT2D eigenvalue weighted by Gasteiger charge is 2.17. The van der Waals surface area contributed by atoms with Gasteiger partial charge in [0, 0.05) is 18.0 Å². The fourth-order valence-corrected chi connectivity index (χ4v) is 3.97. The summed E-state index contributed by atoms with van der Waals surface area (Å²) in [4.78, 5) is 16.6. The highest BCUT2D eigenvalue weighted by atomic mass is 32.2. The maximum Gasteiger partial charge on any atom is 0.261 e. The molecular weight excluding hydrogens is 386 g/mol. The van der Waals surface area contributed by atoms with Crippen LogP contribution >= 0.6 is 0 Å². The monoisotopic (exact) mass is 409 g/mol. The molecule has 0 spiro atoms. The van der Waals surface area contributed by atoms with Crippen molar-refractivity contribution in [2.24, 2.45) is 0 Å². The first-order chi connectivity index (χ1) is 13.8. The molecule has 1 amide bonds. The number of amides is 1. The van der Waals surface area contributed by atoms with Crippen LogP contribution in [0.2, 0.25) is 0 Å². The molecule has 150 valence electrons.